The number of sulfonamides is 1. The quantitative estimate of drug-likeness (QED) is 0.513. The summed E-state index contributed by atoms with van der Waals surface area (Å²) in [5.41, 5.74) is 1.40. The second-order valence-electron chi connectivity index (χ2n) is 8.62. The molecule has 2 aromatic rings. The number of fused-ring (bicyclic) bond motifs is 1. The zero-order valence-electron chi connectivity index (χ0n) is 19.9. The Kier molecular flexibility index (Phi) is 8.12. The number of nitrogens with zero attached hydrogens (tertiary/aromatic N) is 4. The SMILES string of the molecule is CCOC(=O)CN(C(=O)CCc1nc2cc(S(=O)(=O)N3CCCCC3)ccc2n1C)C(C)C. The van der Waals surface area contributed by atoms with Crippen LogP contribution < -0.4 is 0 Å². The van der Waals surface area contributed by atoms with Gasteiger partial charge in [0.15, 0.2) is 0 Å². The first-order valence-corrected chi connectivity index (χ1v) is 13.0. The lowest BCUT2D eigenvalue weighted by molar-refractivity contribution is -0.150. The molecule has 1 aliphatic heterocycles. The van der Waals surface area contributed by atoms with Crippen molar-refractivity contribution in [2.45, 2.75) is 63.8 Å². The van der Waals surface area contributed by atoms with E-state index in [0.717, 1.165) is 24.8 Å². The molecule has 0 radical (unpaired) electrons. The Hall–Kier alpha value is -2.46. The second-order valence-corrected chi connectivity index (χ2v) is 10.6. The summed E-state index contributed by atoms with van der Waals surface area (Å²) in [5.74, 6) is 0.105. The van der Waals surface area contributed by atoms with E-state index in [1.54, 1.807) is 29.4 Å². The van der Waals surface area contributed by atoms with Gasteiger partial charge in [0.05, 0.1) is 22.5 Å². The molecule has 9 nitrogen and oxygen atoms in total. The molecule has 1 saturated heterocycles. The first kappa shape index (κ1) is 25.2. The zero-order valence-corrected chi connectivity index (χ0v) is 20.7. The molecule has 182 valence electrons. The highest BCUT2D eigenvalue weighted by atomic mass is 32.2. The highest BCUT2D eigenvalue weighted by molar-refractivity contribution is 7.89. The number of piperidine rings is 1. The van der Waals surface area contributed by atoms with Crippen LogP contribution in [-0.2, 0) is 37.8 Å². The summed E-state index contributed by atoms with van der Waals surface area (Å²) in [5, 5.41) is 0. The molecule has 3 rings (SSSR count). The number of hydrogen-bond acceptors (Lipinski definition) is 6. The highest BCUT2D eigenvalue weighted by Crippen LogP contribution is 2.25. The number of benzene rings is 1. The van der Waals surface area contributed by atoms with Gasteiger partial charge in [0, 0.05) is 39.0 Å². The van der Waals surface area contributed by atoms with E-state index in [1.807, 2.05) is 25.5 Å². The van der Waals surface area contributed by atoms with E-state index in [1.165, 1.54) is 4.90 Å². The number of imidazole rings is 1. The largest absolute Gasteiger partial charge is 0.465 e. The van der Waals surface area contributed by atoms with Crippen molar-refractivity contribution in [2.24, 2.45) is 7.05 Å². The molecule has 10 heteroatoms. The van der Waals surface area contributed by atoms with Crippen LogP contribution in [0, 0.1) is 0 Å². The summed E-state index contributed by atoms with van der Waals surface area (Å²) in [7, 11) is -1.69. The summed E-state index contributed by atoms with van der Waals surface area (Å²) in [6.07, 6.45) is 3.39. The summed E-state index contributed by atoms with van der Waals surface area (Å²) in [4.78, 5) is 31.0. The Morgan fingerprint density at radius 3 is 2.52 bits per heavy atom. The molecule has 2 heterocycles. The Bertz CT molecular complexity index is 1100. The van der Waals surface area contributed by atoms with E-state index in [9.17, 15) is 18.0 Å². The van der Waals surface area contributed by atoms with Gasteiger partial charge in [-0.25, -0.2) is 13.4 Å². The van der Waals surface area contributed by atoms with Crippen LogP contribution in [0.4, 0.5) is 0 Å². The monoisotopic (exact) mass is 478 g/mol. The van der Waals surface area contributed by atoms with Gasteiger partial charge < -0.3 is 14.2 Å². The number of amides is 1. The van der Waals surface area contributed by atoms with Gasteiger partial charge in [0.1, 0.15) is 12.4 Å². The van der Waals surface area contributed by atoms with Gasteiger partial charge in [-0.15, -0.1) is 0 Å². The molecule has 0 unspecified atom stereocenters. The number of carbonyl (C=O) groups is 2. The van der Waals surface area contributed by atoms with Crippen molar-refractivity contribution in [3.05, 3.63) is 24.0 Å². The Morgan fingerprint density at radius 2 is 1.88 bits per heavy atom. The van der Waals surface area contributed by atoms with Crippen molar-refractivity contribution < 1.29 is 22.7 Å². The van der Waals surface area contributed by atoms with Crippen LogP contribution >= 0.6 is 0 Å². The number of hydrogen-bond donors (Lipinski definition) is 0. The fourth-order valence-electron chi connectivity index (χ4n) is 4.13. The minimum atomic E-state index is -3.54. The standard InChI is InChI=1S/C23H34N4O5S/c1-5-32-23(29)16-27(17(2)3)22(28)12-11-21-24-19-15-18(9-10-20(19)25(21)4)33(30,31)26-13-7-6-8-14-26/h9-10,15,17H,5-8,11-14,16H2,1-4H3. The predicted octanol–water partition coefficient (Wildman–Crippen LogP) is 2.48. The third-order valence-electron chi connectivity index (χ3n) is 6.01. The molecular weight excluding hydrogens is 444 g/mol. The maximum atomic E-state index is 13.0. The first-order valence-electron chi connectivity index (χ1n) is 11.6. The van der Waals surface area contributed by atoms with Crippen LogP contribution in [0.15, 0.2) is 23.1 Å². The van der Waals surface area contributed by atoms with Gasteiger partial charge in [-0.3, -0.25) is 9.59 Å². The van der Waals surface area contributed by atoms with Crippen molar-refractivity contribution in [3.8, 4) is 0 Å². The van der Waals surface area contributed by atoms with Crippen molar-refractivity contribution >= 4 is 32.9 Å². The lowest BCUT2D eigenvalue weighted by Crippen LogP contribution is -2.41. The molecule has 0 atom stereocenters. The number of esters is 1. The Balaban J connectivity index is 1.75. The van der Waals surface area contributed by atoms with Gasteiger partial charge in [0.2, 0.25) is 15.9 Å². The maximum Gasteiger partial charge on any atom is 0.325 e. The minimum Gasteiger partial charge on any atom is -0.465 e. The topological polar surface area (TPSA) is 102 Å². The fourth-order valence-corrected chi connectivity index (χ4v) is 5.67. The Labute approximate surface area is 195 Å². The predicted molar refractivity (Wildman–Crippen MR) is 125 cm³/mol. The Morgan fingerprint density at radius 1 is 1.18 bits per heavy atom. The lowest BCUT2D eigenvalue weighted by atomic mass is 10.2. The van der Waals surface area contributed by atoms with E-state index in [-0.39, 0.29) is 36.4 Å². The van der Waals surface area contributed by atoms with Crippen LogP contribution in [0.5, 0.6) is 0 Å². The molecule has 1 amide bonds. The van der Waals surface area contributed by atoms with E-state index in [4.69, 9.17) is 4.74 Å². The van der Waals surface area contributed by atoms with Gasteiger partial charge >= 0.3 is 5.97 Å². The third kappa shape index (κ3) is 5.73. The maximum absolute atomic E-state index is 13.0. The van der Waals surface area contributed by atoms with Crippen LogP contribution in [0.3, 0.4) is 0 Å². The second kappa shape index (κ2) is 10.6. The smallest absolute Gasteiger partial charge is 0.325 e. The summed E-state index contributed by atoms with van der Waals surface area (Å²) < 4.78 is 34.4. The minimum absolute atomic E-state index is 0.0788. The highest BCUT2D eigenvalue weighted by Gasteiger charge is 2.27. The van der Waals surface area contributed by atoms with Crippen molar-refractivity contribution in [1.82, 2.24) is 18.8 Å². The molecular formula is C23H34N4O5S. The van der Waals surface area contributed by atoms with Crippen molar-refractivity contribution in [1.29, 1.82) is 0 Å². The summed E-state index contributed by atoms with van der Waals surface area (Å²) in [6.45, 7) is 6.74. The molecule has 1 aliphatic rings. The molecule has 0 N–H and O–H groups in total. The number of aromatic nitrogens is 2. The average molecular weight is 479 g/mol. The van der Waals surface area contributed by atoms with E-state index in [0.29, 0.717) is 30.9 Å². The lowest BCUT2D eigenvalue weighted by Gasteiger charge is -2.25. The molecule has 33 heavy (non-hydrogen) atoms. The third-order valence-corrected chi connectivity index (χ3v) is 7.90. The van der Waals surface area contributed by atoms with Crippen LogP contribution in [-0.4, -0.2) is 71.3 Å². The number of aryl methyl sites for hydroxylation is 2. The van der Waals surface area contributed by atoms with Crippen molar-refractivity contribution in [2.75, 3.05) is 26.2 Å². The molecule has 1 aromatic carbocycles. The van der Waals surface area contributed by atoms with Crippen LogP contribution in [0.25, 0.3) is 11.0 Å². The normalized spacial score (nSPS) is 15.2. The molecule has 0 aliphatic carbocycles. The van der Waals surface area contributed by atoms with Crippen LogP contribution in [0.2, 0.25) is 0 Å². The van der Waals surface area contributed by atoms with E-state index < -0.39 is 16.0 Å². The molecule has 0 bridgehead atoms. The van der Waals surface area contributed by atoms with E-state index >= 15 is 0 Å². The molecule has 0 spiro atoms. The van der Waals surface area contributed by atoms with Gasteiger partial charge in [0.25, 0.3) is 0 Å². The van der Waals surface area contributed by atoms with Crippen molar-refractivity contribution in [3.63, 3.8) is 0 Å². The van der Waals surface area contributed by atoms with E-state index in [2.05, 4.69) is 4.98 Å². The fraction of sp³-hybridized carbons (Fsp3) is 0.609. The number of carbonyl (C=O) groups excluding carboxylic acids is 2. The molecule has 0 saturated carbocycles. The van der Waals surface area contributed by atoms with Gasteiger partial charge in [-0.2, -0.15) is 4.31 Å². The number of rotatable bonds is 9. The molecule has 1 fully saturated rings. The first-order chi connectivity index (χ1) is 15.6. The average Bonchev–Trinajstić information content (AvgIpc) is 3.11. The molecule has 1 aromatic heterocycles. The summed E-state index contributed by atoms with van der Waals surface area (Å²) in [6, 6.07) is 4.88. The summed E-state index contributed by atoms with van der Waals surface area (Å²) >= 11 is 0. The number of ether oxygens (including phenoxy) is 1. The zero-order chi connectivity index (χ0) is 24.2. The van der Waals surface area contributed by atoms with Gasteiger partial charge in [-0.1, -0.05) is 6.42 Å². The van der Waals surface area contributed by atoms with Crippen LogP contribution in [0.1, 0.15) is 52.3 Å². The van der Waals surface area contributed by atoms with Gasteiger partial charge in [-0.05, 0) is 51.8 Å².